The predicted molar refractivity (Wildman–Crippen MR) is 74.4 cm³/mol. The van der Waals surface area contributed by atoms with Gasteiger partial charge in [0.15, 0.2) is 0 Å². The molecule has 0 aromatic heterocycles. The molecule has 1 nitrogen and oxygen atoms in total. The van der Waals surface area contributed by atoms with E-state index < -0.39 is 0 Å². The van der Waals surface area contributed by atoms with Gasteiger partial charge in [-0.05, 0) is 38.0 Å². The Bertz CT molecular complexity index is 538. The molecule has 0 aliphatic heterocycles. The van der Waals surface area contributed by atoms with E-state index in [1.807, 2.05) is 6.07 Å². The van der Waals surface area contributed by atoms with Crippen LogP contribution in [0, 0.1) is 26.6 Å². The fourth-order valence-electron chi connectivity index (χ4n) is 2.28. The molecule has 0 heterocycles. The molecule has 0 bridgehead atoms. The van der Waals surface area contributed by atoms with Gasteiger partial charge in [0.05, 0.1) is 0 Å². The lowest BCUT2D eigenvalue weighted by atomic mass is 10.0. The molecule has 0 radical (unpaired) electrons. The van der Waals surface area contributed by atoms with Crippen molar-refractivity contribution in [2.75, 3.05) is 5.32 Å². The molecule has 0 spiro atoms. The van der Waals surface area contributed by atoms with E-state index in [1.165, 1.54) is 22.8 Å². The van der Waals surface area contributed by atoms with Crippen molar-refractivity contribution >= 4 is 5.69 Å². The monoisotopic (exact) mass is 243 g/mol. The molecule has 2 aromatic rings. The lowest BCUT2D eigenvalue weighted by Gasteiger charge is -2.14. The number of nitrogens with one attached hydrogen (secondary N) is 1. The highest BCUT2D eigenvalue weighted by Crippen LogP contribution is 2.22. The predicted octanol–water partition coefficient (Wildman–Crippen LogP) is 4.36. The highest BCUT2D eigenvalue weighted by molar-refractivity contribution is 5.58. The molecule has 0 fully saturated rings. The van der Waals surface area contributed by atoms with Crippen LogP contribution < -0.4 is 5.32 Å². The number of halogens is 1. The zero-order valence-corrected chi connectivity index (χ0v) is 11.0. The maximum absolute atomic E-state index is 13.5. The summed E-state index contributed by atoms with van der Waals surface area (Å²) in [5.74, 6) is -0.160. The molecular formula is C16H18FN. The summed E-state index contributed by atoms with van der Waals surface area (Å²) in [6, 6.07) is 11.1. The zero-order valence-electron chi connectivity index (χ0n) is 11.0. The molecule has 0 saturated carbocycles. The topological polar surface area (TPSA) is 12.0 Å². The van der Waals surface area contributed by atoms with Crippen molar-refractivity contribution < 1.29 is 4.39 Å². The third-order valence-corrected chi connectivity index (χ3v) is 3.09. The van der Waals surface area contributed by atoms with E-state index in [0.29, 0.717) is 12.1 Å². The SMILES string of the molecule is Cc1cc(C)c(NCc2ccccc2F)c(C)c1. The first-order chi connectivity index (χ1) is 8.58. The highest BCUT2D eigenvalue weighted by atomic mass is 19.1. The van der Waals surface area contributed by atoms with E-state index in [0.717, 1.165) is 5.69 Å². The van der Waals surface area contributed by atoms with Crippen molar-refractivity contribution in [2.45, 2.75) is 27.3 Å². The van der Waals surface area contributed by atoms with Crippen molar-refractivity contribution in [1.29, 1.82) is 0 Å². The van der Waals surface area contributed by atoms with E-state index in [-0.39, 0.29) is 5.82 Å². The average molecular weight is 243 g/mol. The minimum absolute atomic E-state index is 0.160. The fraction of sp³-hybridized carbons (Fsp3) is 0.250. The molecule has 0 atom stereocenters. The van der Waals surface area contributed by atoms with Gasteiger partial charge in [0, 0.05) is 17.8 Å². The number of rotatable bonds is 3. The van der Waals surface area contributed by atoms with Crippen molar-refractivity contribution in [3.05, 3.63) is 64.5 Å². The maximum atomic E-state index is 13.5. The lowest BCUT2D eigenvalue weighted by Crippen LogP contribution is -2.04. The van der Waals surface area contributed by atoms with Crippen LogP contribution in [0.25, 0.3) is 0 Å². The first kappa shape index (κ1) is 12.6. The van der Waals surface area contributed by atoms with Gasteiger partial charge in [-0.25, -0.2) is 4.39 Å². The number of aryl methyl sites for hydroxylation is 3. The zero-order chi connectivity index (χ0) is 13.1. The number of anilines is 1. The van der Waals surface area contributed by atoms with Crippen LogP contribution in [0.1, 0.15) is 22.3 Å². The molecule has 2 aromatic carbocycles. The van der Waals surface area contributed by atoms with Gasteiger partial charge in [-0.15, -0.1) is 0 Å². The van der Waals surface area contributed by atoms with Crippen LogP contribution in [0.2, 0.25) is 0 Å². The number of benzene rings is 2. The summed E-state index contributed by atoms with van der Waals surface area (Å²) in [4.78, 5) is 0. The van der Waals surface area contributed by atoms with Gasteiger partial charge in [0.25, 0.3) is 0 Å². The minimum atomic E-state index is -0.160. The third kappa shape index (κ3) is 2.70. The van der Waals surface area contributed by atoms with Crippen LogP contribution in [0.4, 0.5) is 10.1 Å². The summed E-state index contributed by atoms with van der Waals surface area (Å²) in [6.07, 6.45) is 0. The van der Waals surface area contributed by atoms with Crippen molar-refractivity contribution in [3.8, 4) is 0 Å². The molecule has 1 N–H and O–H groups in total. The standard InChI is InChI=1S/C16H18FN/c1-11-8-12(2)16(13(3)9-11)18-10-14-6-4-5-7-15(14)17/h4-9,18H,10H2,1-3H3. The molecular weight excluding hydrogens is 225 g/mol. The maximum Gasteiger partial charge on any atom is 0.128 e. The summed E-state index contributed by atoms with van der Waals surface area (Å²) < 4.78 is 13.5. The van der Waals surface area contributed by atoms with Gasteiger partial charge in [0.2, 0.25) is 0 Å². The first-order valence-corrected chi connectivity index (χ1v) is 6.13. The molecule has 0 unspecified atom stereocenters. The van der Waals surface area contributed by atoms with Crippen LogP contribution >= 0.6 is 0 Å². The average Bonchev–Trinajstić information content (AvgIpc) is 2.30. The van der Waals surface area contributed by atoms with Crippen LogP contribution in [0.15, 0.2) is 36.4 Å². The van der Waals surface area contributed by atoms with Gasteiger partial charge in [-0.1, -0.05) is 35.9 Å². The number of hydrogen-bond donors (Lipinski definition) is 1. The normalized spacial score (nSPS) is 10.4. The Hall–Kier alpha value is -1.83. The minimum Gasteiger partial charge on any atom is -0.380 e. The summed E-state index contributed by atoms with van der Waals surface area (Å²) in [7, 11) is 0. The molecule has 18 heavy (non-hydrogen) atoms. The van der Waals surface area contributed by atoms with E-state index >= 15 is 0 Å². The molecule has 94 valence electrons. The summed E-state index contributed by atoms with van der Waals surface area (Å²) in [5, 5.41) is 3.33. The smallest absolute Gasteiger partial charge is 0.128 e. The van der Waals surface area contributed by atoms with E-state index in [1.54, 1.807) is 12.1 Å². The van der Waals surface area contributed by atoms with Crippen LogP contribution in [0.3, 0.4) is 0 Å². The molecule has 0 saturated heterocycles. The van der Waals surface area contributed by atoms with Crippen molar-refractivity contribution in [1.82, 2.24) is 0 Å². The second-order valence-electron chi connectivity index (χ2n) is 4.72. The van der Waals surface area contributed by atoms with Crippen molar-refractivity contribution in [2.24, 2.45) is 0 Å². The van der Waals surface area contributed by atoms with Gasteiger partial charge in [-0.3, -0.25) is 0 Å². The third-order valence-electron chi connectivity index (χ3n) is 3.09. The fourth-order valence-corrected chi connectivity index (χ4v) is 2.28. The van der Waals surface area contributed by atoms with Crippen LogP contribution in [-0.4, -0.2) is 0 Å². The Balaban J connectivity index is 2.19. The van der Waals surface area contributed by atoms with Gasteiger partial charge < -0.3 is 5.32 Å². The second kappa shape index (κ2) is 5.21. The second-order valence-corrected chi connectivity index (χ2v) is 4.72. The largest absolute Gasteiger partial charge is 0.380 e. The van der Waals surface area contributed by atoms with Gasteiger partial charge >= 0.3 is 0 Å². The lowest BCUT2D eigenvalue weighted by molar-refractivity contribution is 0.613. The Morgan fingerprint density at radius 2 is 1.61 bits per heavy atom. The van der Waals surface area contributed by atoms with Gasteiger partial charge in [-0.2, -0.15) is 0 Å². The van der Waals surface area contributed by atoms with E-state index in [2.05, 4.69) is 38.2 Å². The quantitative estimate of drug-likeness (QED) is 0.844. The molecule has 0 amide bonds. The Morgan fingerprint density at radius 1 is 1.00 bits per heavy atom. The molecule has 2 rings (SSSR count). The van der Waals surface area contributed by atoms with Crippen LogP contribution in [0.5, 0.6) is 0 Å². The number of hydrogen-bond acceptors (Lipinski definition) is 1. The Morgan fingerprint density at radius 3 is 2.22 bits per heavy atom. The Labute approximate surface area is 108 Å². The van der Waals surface area contributed by atoms with E-state index in [9.17, 15) is 4.39 Å². The molecule has 0 aliphatic rings. The summed E-state index contributed by atoms with van der Waals surface area (Å²) >= 11 is 0. The van der Waals surface area contributed by atoms with Crippen LogP contribution in [-0.2, 0) is 6.54 Å². The van der Waals surface area contributed by atoms with Crippen molar-refractivity contribution in [3.63, 3.8) is 0 Å². The Kier molecular flexibility index (Phi) is 3.66. The summed E-state index contributed by atoms with van der Waals surface area (Å²) in [5.41, 5.74) is 5.44. The first-order valence-electron chi connectivity index (χ1n) is 6.13. The highest BCUT2D eigenvalue weighted by Gasteiger charge is 2.05. The summed E-state index contributed by atoms with van der Waals surface area (Å²) in [6.45, 7) is 6.74. The molecule has 0 aliphatic carbocycles. The van der Waals surface area contributed by atoms with E-state index in [4.69, 9.17) is 0 Å². The molecule has 2 heteroatoms. The van der Waals surface area contributed by atoms with Gasteiger partial charge in [0.1, 0.15) is 5.82 Å².